The van der Waals surface area contributed by atoms with Crippen LogP contribution in [0.1, 0.15) is 55.5 Å². The van der Waals surface area contributed by atoms with Crippen LogP contribution >= 0.6 is 0 Å². The number of nitrogens with zero attached hydrogens (tertiary/aromatic N) is 5. The van der Waals surface area contributed by atoms with Gasteiger partial charge in [0, 0.05) is 46.9 Å². The number of hydrogen-bond donors (Lipinski definition) is 1. The molecule has 2 atom stereocenters. The molecular formula is C26H22F2N6O2. The molecule has 0 radical (unpaired) electrons. The highest BCUT2D eigenvalue weighted by Gasteiger charge is 2.45. The molecule has 1 amide bonds. The molecule has 0 aliphatic carbocycles. The number of carbonyl (C=O) groups excluding carboxylic acids is 1. The molecule has 2 aliphatic heterocycles. The molecule has 0 spiro atoms. The molecule has 2 aromatic heterocycles. The topological polar surface area (TPSA) is 91.2 Å². The summed E-state index contributed by atoms with van der Waals surface area (Å²) in [7, 11) is 0. The number of halogens is 2. The molecule has 2 N–H and O–H groups in total. The minimum absolute atomic E-state index is 0.00899. The number of benzene rings is 2. The summed E-state index contributed by atoms with van der Waals surface area (Å²) >= 11 is 0. The minimum atomic E-state index is -3.12. The van der Waals surface area contributed by atoms with Crippen molar-refractivity contribution in [1.29, 1.82) is 0 Å². The molecule has 0 saturated heterocycles. The Balaban J connectivity index is 1.51. The fraction of sp³-hybridized carbons (Fsp3) is 0.269. The van der Waals surface area contributed by atoms with Crippen LogP contribution in [0.3, 0.4) is 0 Å². The molecule has 10 heteroatoms. The molecule has 2 aliphatic rings. The summed E-state index contributed by atoms with van der Waals surface area (Å²) in [4.78, 5) is 19.0. The van der Waals surface area contributed by atoms with E-state index in [9.17, 15) is 13.6 Å². The average Bonchev–Trinajstić information content (AvgIpc) is 3.54. The van der Waals surface area contributed by atoms with Crippen LogP contribution in [0.5, 0.6) is 5.75 Å². The van der Waals surface area contributed by atoms with Crippen LogP contribution in [0.25, 0.3) is 11.0 Å². The lowest BCUT2D eigenvalue weighted by molar-refractivity contribution is -0.0507. The summed E-state index contributed by atoms with van der Waals surface area (Å²) in [6, 6.07) is 8.02. The zero-order valence-corrected chi connectivity index (χ0v) is 18.9. The number of ether oxygens (including phenoxy) is 1. The standard InChI is InChI=1S/C26H22F2N6O2/c1-32-21-12-20(23-17(25(32)35)3-2-4-22(23)36-26(27)28)34-19-11-15(7-8-18(19)31-24(21)34)5-6-16-13-30-33(14-16)10-9-29/h2-4,7-8,11,13-14,20-21,26H,9-10,12,29H2,1H3/t20-,21-/m1/s1/i1D3. The SMILES string of the molecule is [2H]C([2H])([2H])N1C(=O)c2cccc(OC(F)F)c2[C@H]2C[C@@H]1c1nc3ccc(C#Cc4cnn(CCN)c4)cc3n12. The van der Waals surface area contributed by atoms with Gasteiger partial charge in [0.05, 0.1) is 41.4 Å². The number of hydrogen-bond acceptors (Lipinski definition) is 5. The number of rotatable bonds is 4. The van der Waals surface area contributed by atoms with E-state index in [1.807, 2.05) is 10.6 Å². The second-order valence-electron chi connectivity index (χ2n) is 8.61. The Bertz CT molecular complexity index is 1670. The quantitative estimate of drug-likeness (QED) is 0.443. The fourth-order valence-electron chi connectivity index (χ4n) is 5.01. The van der Waals surface area contributed by atoms with Crippen LogP contribution in [0.15, 0.2) is 48.8 Å². The lowest BCUT2D eigenvalue weighted by atomic mass is 9.97. The van der Waals surface area contributed by atoms with Gasteiger partial charge in [-0.25, -0.2) is 4.98 Å². The Morgan fingerprint density at radius 1 is 1.25 bits per heavy atom. The summed E-state index contributed by atoms with van der Waals surface area (Å²) < 4.78 is 59.3. The second-order valence-corrected chi connectivity index (χ2v) is 8.61. The van der Waals surface area contributed by atoms with Gasteiger partial charge in [-0.2, -0.15) is 13.9 Å². The molecule has 0 unspecified atom stereocenters. The van der Waals surface area contributed by atoms with Gasteiger partial charge in [0.25, 0.3) is 5.91 Å². The van der Waals surface area contributed by atoms with E-state index in [-0.39, 0.29) is 23.3 Å². The van der Waals surface area contributed by atoms with Crippen molar-refractivity contribution in [3.63, 3.8) is 0 Å². The number of fused-ring (bicyclic) bond motifs is 9. The summed E-state index contributed by atoms with van der Waals surface area (Å²) in [5.41, 5.74) is 8.37. The van der Waals surface area contributed by atoms with Gasteiger partial charge in [-0.15, -0.1) is 0 Å². The van der Waals surface area contributed by atoms with Gasteiger partial charge in [0.2, 0.25) is 0 Å². The minimum Gasteiger partial charge on any atom is -0.434 e. The van der Waals surface area contributed by atoms with Gasteiger partial charge in [0.15, 0.2) is 0 Å². The molecule has 8 nitrogen and oxygen atoms in total. The predicted molar refractivity (Wildman–Crippen MR) is 128 cm³/mol. The zero-order chi connectivity index (χ0) is 27.5. The molecule has 6 rings (SSSR count). The van der Waals surface area contributed by atoms with Crippen LogP contribution in [0.2, 0.25) is 0 Å². The highest BCUT2D eigenvalue weighted by atomic mass is 19.3. The first-order chi connectivity index (χ1) is 18.7. The van der Waals surface area contributed by atoms with Crippen LogP contribution in [0, 0.1) is 11.8 Å². The van der Waals surface area contributed by atoms with E-state index >= 15 is 0 Å². The Morgan fingerprint density at radius 3 is 2.92 bits per heavy atom. The number of nitrogens with two attached hydrogens (primary N) is 1. The van der Waals surface area contributed by atoms with Crippen molar-refractivity contribution >= 4 is 16.9 Å². The third-order valence-electron chi connectivity index (χ3n) is 6.49. The molecule has 182 valence electrons. The zero-order valence-electron chi connectivity index (χ0n) is 21.9. The van der Waals surface area contributed by atoms with Crippen LogP contribution < -0.4 is 10.5 Å². The molecule has 2 bridgehead atoms. The maximum Gasteiger partial charge on any atom is 0.387 e. The average molecular weight is 492 g/mol. The lowest BCUT2D eigenvalue weighted by Gasteiger charge is -2.24. The predicted octanol–water partition coefficient (Wildman–Crippen LogP) is 3.31. The lowest BCUT2D eigenvalue weighted by Crippen LogP contribution is -2.30. The van der Waals surface area contributed by atoms with Crippen molar-refractivity contribution in [2.24, 2.45) is 5.73 Å². The van der Waals surface area contributed by atoms with Gasteiger partial charge < -0.3 is 19.9 Å². The van der Waals surface area contributed by atoms with Crippen LogP contribution in [-0.4, -0.2) is 50.3 Å². The molecule has 0 fully saturated rings. The Morgan fingerprint density at radius 2 is 2.11 bits per heavy atom. The highest BCUT2D eigenvalue weighted by molar-refractivity contribution is 5.97. The Kier molecular flexibility index (Phi) is 4.47. The first kappa shape index (κ1) is 19.0. The Hall–Kier alpha value is -4.23. The monoisotopic (exact) mass is 491 g/mol. The van der Waals surface area contributed by atoms with Gasteiger partial charge in [-0.05, 0) is 30.3 Å². The van der Waals surface area contributed by atoms with Gasteiger partial charge in [-0.1, -0.05) is 17.9 Å². The van der Waals surface area contributed by atoms with E-state index in [0.717, 1.165) is 4.90 Å². The normalized spacial score (nSPS) is 19.7. The van der Waals surface area contributed by atoms with Crippen molar-refractivity contribution in [3.05, 3.63) is 76.9 Å². The van der Waals surface area contributed by atoms with Crippen molar-refractivity contribution in [3.8, 4) is 17.6 Å². The maximum atomic E-state index is 13.5. The second kappa shape index (κ2) is 8.46. The molecule has 36 heavy (non-hydrogen) atoms. The smallest absolute Gasteiger partial charge is 0.387 e. The number of aromatic nitrogens is 4. The molecule has 2 aromatic carbocycles. The third kappa shape index (κ3) is 3.51. The van der Waals surface area contributed by atoms with E-state index < -0.39 is 31.6 Å². The maximum absolute atomic E-state index is 13.5. The van der Waals surface area contributed by atoms with Gasteiger partial charge in [0.1, 0.15) is 11.6 Å². The Labute approximate surface area is 209 Å². The van der Waals surface area contributed by atoms with Crippen molar-refractivity contribution < 1.29 is 22.4 Å². The van der Waals surface area contributed by atoms with E-state index in [0.29, 0.717) is 41.1 Å². The molecule has 4 heterocycles. The highest BCUT2D eigenvalue weighted by Crippen LogP contribution is 2.49. The van der Waals surface area contributed by atoms with Gasteiger partial charge >= 0.3 is 6.61 Å². The van der Waals surface area contributed by atoms with Crippen LogP contribution in [-0.2, 0) is 6.54 Å². The molecule has 0 saturated carbocycles. The summed E-state index contributed by atoms with van der Waals surface area (Å²) in [6.45, 7) is -4.88. The fourth-order valence-corrected chi connectivity index (χ4v) is 5.01. The summed E-state index contributed by atoms with van der Waals surface area (Å²) in [6.07, 6.45) is 3.59. The third-order valence-corrected chi connectivity index (χ3v) is 6.49. The number of alkyl halides is 2. The largest absolute Gasteiger partial charge is 0.434 e. The summed E-state index contributed by atoms with van der Waals surface area (Å²) in [5.74, 6) is 5.58. The first-order valence-electron chi connectivity index (χ1n) is 12.8. The number of carbonyl (C=O) groups is 1. The van der Waals surface area contributed by atoms with Crippen molar-refractivity contribution in [1.82, 2.24) is 24.2 Å². The summed E-state index contributed by atoms with van der Waals surface area (Å²) in [5, 5.41) is 4.21. The van der Waals surface area contributed by atoms with E-state index in [1.54, 1.807) is 29.2 Å². The van der Waals surface area contributed by atoms with Crippen molar-refractivity contribution in [2.45, 2.75) is 31.7 Å². The van der Waals surface area contributed by atoms with E-state index in [2.05, 4.69) is 21.9 Å². The van der Waals surface area contributed by atoms with Crippen LogP contribution in [0.4, 0.5) is 8.78 Å². The first-order valence-corrected chi connectivity index (χ1v) is 11.3. The number of imidazole rings is 1. The van der Waals surface area contributed by atoms with Crippen molar-refractivity contribution in [2.75, 3.05) is 13.5 Å². The van der Waals surface area contributed by atoms with Gasteiger partial charge in [-0.3, -0.25) is 9.48 Å². The van der Waals surface area contributed by atoms with E-state index in [4.69, 9.17) is 14.6 Å². The van der Waals surface area contributed by atoms with E-state index in [1.165, 1.54) is 18.2 Å². The molecular weight excluding hydrogens is 466 g/mol. The number of amides is 1. The molecule has 4 aromatic rings.